The molecule has 0 bridgehead atoms. The van der Waals surface area contributed by atoms with Gasteiger partial charge in [0.25, 0.3) is 5.91 Å². The van der Waals surface area contributed by atoms with Crippen LogP contribution < -0.4 is 9.64 Å². The van der Waals surface area contributed by atoms with Crippen LogP contribution >= 0.6 is 11.3 Å². The second kappa shape index (κ2) is 11.2. The molecule has 0 spiro atoms. The lowest BCUT2D eigenvalue weighted by Crippen LogP contribution is -2.39. The zero-order valence-electron chi connectivity index (χ0n) is 21.5. The van der Waals surface area contributed by atoms with Crippen LogP contribution in [0.4, 0.5) is 5.13 Å². The molecule has 1 aliphatic rings. The molecule has 0 N–H and O–H groups in total. The highest BCUT2D eigenvalue weighted by Crippen LogP contribution is 2.35. The minimum Gasteiger partial charge on any atom is -0.492 e. The minimum atomic E-state index is -3.60. The number of sulfonamides is 1. The first-order valence-corrected chi connectivity index (χ1v) is 15.1. The van der Waals surface area contributed by atoms with Crippen molar-refractivity contribution < 1.29 is 17.9 Å². The quantitative estimate of drug-likeness (QED) is 0.271. The smallest absolute Gasteiger partial charge is 0.260 e. The van der Waals surface area contributed by atoms with E-state index in [9.17, 15) is 13.2 Å². The van der Waals surface area contributed by atoms with Crippen molar-refractivity contribution in [3.63, 3.8) is 0 Å². The fraction of sp³-hybridized carbons (Fsp3) is 0.310. The molecular formula is C29H31N3O4S2. The first-order chi connectivity index (χ1) is 18.4. The topological polar surface area (TPSA) is 79.8 Å². The van der Waals surface area contributed by atoms with Crippen LogP contribution in [0.3, 0.4) is 0 Å². The molecule has 1 fully saturated rings. The SMILES string of the molecule is CCOc1cccc2sc(N(Cc3ccccc3)C(=O)c3ccc(S(=O)(=O)N4CCCC(C)C4)cc3)nc12. The Morgan fingerprint density at radius 1 is 1.08 bits per heavy atom. The first-order valence-electron chi connectivity index (χ1n) is 12.8. The number of para-hydroxylation sites is 1. The number of anilines is 1. The number of hydrogen-bond acceptors (Lipinski definition) is 6. The zero-order chi connectivity index (χ0) is 26.7. The maximum atomic E-state index is 13.8. The van der Waals surface area contributed by atoms with Gasteiger partial charge >= 0.3 is 0 Å². The molecule has 1 amide bonds. The van der Waals surface area contributed by atoms with Crippen molar-refractivity contribution in [3.8, 4) is 5.75 Å². The molecule has 5 rings (SSSR count). The molecular weight excluding hydrogens is 518 g/mol. The van der Waals surface area contributed by atoms with Crippen LogP contribution in [-0.2, 0) is 16.6 Å². The monoisotopic (exact) mass is 549 g/mol. The summed E-state index contributed by atoms with van der Waals surface area (Å²) in [7, 11) is -3.60. The second-order valence-electron chi connectivity index (χ2n) is 9.54. The Hall–Kier alpha value is -3.27. The number of piperidine rings is 1. The van der Waals surface area contributed by atoms with Crippen molar-refractivity contribution in [1.29, 1.82) is 0 Å². The number of aromatic nitrogens is 1. The van der Waals surface area contributed by atoms with Crippen molar-refractivity contribution in [2.75, 3.05) is 24.6 Å². The Bertz CT molecular complexity index is 1520. The maximum Gasteiger partial charge on any atom is 0.260 e. The number of fused-ring (bicyclic) bond motifs is 1. The molecule has 2 heterocycles. The normalized spacial score (nSPS) is 16.4. The molecule has 7 nitrogen and oxygen atoms in total. The standard InChI is InChI=1S/C29H31N3O4S2/c1-3-36-25-12-7-13-26-27(25)30-29(37-26)32(20-22-10-5-4-6-11-22)28(33)23-14-16-24(17-15-23)38(34,35)31-18-8-9-21(2)19-31/h4-7,10-17,21H,3,8-9,18-20H2,1-2H3. The molecule has 1 atom stereocenters. The maximum absolute atomic E-state index is 13.8. The Balaban J connectivity index is 1.47. The Kier molecular flexibility index (Phi) is 7.78. The van der Waals surface area contributed by atoms with E-state index in [0.29, 0.717) is 48.6 Å². The molecule has 1 aliphatic heterocycles. The van der Waals surface area contributed by atoms with Crippen LogP contribution in [0.15, 0.2) is 77.7 Å². The Morgan fingerprint density at radius 2 is 1.84 bits per heavy atom. The van der Waals surface area contributed by atoms with E-state index in [4.69, 9.17) is 9.72 Å². The number of nitrogens with zero attached hydrogens (tertiary/aromatic N) is 3. The fourth-order valence-corrected chi connectivity index (χ4v) is 7.31. The molecule has 38 heavy (non-hydrogen) atoms. The summed E-state index contributed by atoms with van der Waals surface area (Å²) in [5.74, 6) is 0.769. The minimum absolute atomic E-state index is 0.208. The van der Waals surface area contributed by atoms with Crippen LogP contribution in [0.5, 0.6) is 5.75 Å². The highest BCUT2D eigenvalue weighted by molar-refractivity contribution is 7.89. The summed E-state index contributed by atoms with van der Waals surface area (Å²) < 4.78 is 34.6. The lowest BCUT2D eigenvalue weighted by atomic mass is 10.0. The average Bonchev–Trinajstić information content (AvgIpc) is 3.37. The van der Waals surface area contributed by atoms with Crippen LogP contribution in [0.2, 0.25) is 0 Å². The van der Waals surface area contributed by atoms with Gasteiger partial charge in [-0.15, -0.1) is 0 Å². The van der Waals surface area contributed by atoms with Gasteiger partial charge in [-0.1, -0.05) is 54.7 Å². The van der Waals surface area contributed by atoms with Crippen molar-refractivity contribution in [1.82, 2.24) is 9.29 Å². The van der Waals surface area contributed by atoms with Gasteiger partial charge in [0, 0.05) is 18.7 Å². The molecule has 3 aromatic carbocycles. The van der Waals surface area contributed by atoms with Crippen molar-refractivity contribution in [2.24, 2.45) is 5.92 Å². The summed E-state index contributed by atoms with van der Waals surface area (Å²) in [5.41, 5.74) is 2.08. The molecule has 1 saturated heterocycles. The molecule has 198 valence electrons. The summed E-state index contributed by atoms with van der Waals surface area (Å²) in [6.45, 7) is 5.89. The third-order valence-corrected chi connectivity index (χ3v) is 9.61. The second-order valence-corrected chi connectivity index (χ2v) is 12.5. The van der Waals surface area contributed by atoms with Crippen molar-refractivity contribution >= 4 is 42.6 Å². The van der Waals surface area contributed by atoms with E-state index in [2.05, 4.69) is 6.92 Å². The van der Waals surface area contributed by atoms with Gasteiger partial charge in [0.05, 0.1) is 22.7 Å². The summed E-state index contributed by atoms with van der Waals surface area (Å²) in [4.78, 5) is 20.5. The molecule has 1 unspecified atom stereocenters. The van der Waals surface area contributed by atoms with Gasteiger partial charge in [0.1, 0.15) is 11.3 Å². The first kappa shape index (κ1) is 26.3. The van der Waals surface area contributed by atoms with Crippen molar-refractivity contribution in [3.05, 3.63) is 83.9 Å². The number of ether oxygens (including phenoxy) is 1. The molecule has 0 aliphatic carbocycles. The van der Waals surface area contributed by atoms with E-state index in [1.807, 2.05) is 55.5 Å². The number of amides is 1. The van der Waals surface area contributed by atoms with Crippen molar-refractivity contribution in [2.45, 2.75) is 38.1 Å². The van der Waals surface area contributed by atoms with E-state index < -0.39 is 10.0 Å². The molecule has 0 saturated carbocycles. The van der Waals surface area contributed by atoms with Gasteiger partial charge in [0.2, 0.25) is 10.0 Å². The van der Waals surface area contributed by atoms with Crippen LogP contribution in [0, 0.1) is 5.92 Å². The van der Waals surface area contributed by atoms with E-state index >= 15 is 0 Å². The van der Waals surface area contributed by atoms with E-state index in [1.54, 1.807) is 21.3 Å². The van der Waals surface area contributed by atoms with Gasteiger partial charge in [-0.05, 0) is 67.6 Å². The highest BCUT2D eigenvalue weighted by Gasteiger charge is 2.29. The lowest BCUT2D eigenvalue weighted by Gasteiger charge is -2.30. The van der Waals surface area contributed by atoms with Gasteiger partial charge in [-0.3, -0.25) is 9.69 Å². The van der Waals surface area contributed by atoms with E-state index in [0.717, 1.165) is 28.6 Å². The highest BCUT2D eigenvalue weighted by atomic mass is 32.2. The van der Waals surface area contributed by atoms with Gasteiger partial charge in [-0.25, -0.2) is 13.4 Å². The number of rotatable bonds is 8. The summed E-state index contributed by atoms with van der Waals surface area (Å²) in [6.07, 6.45) is 1.90. The summed E-state index contributed by atoms with van der Waals surface area (Å²) in [5, 5.41) is 0.556. The number of hydrogen-bond donors (Lipinski definition) is 0. The number of carbonyl (C=O) groups is 1. The average molecular weight is 550 g/mol. The van der Waals surface area contributed by atoms with Gasteiger partial charge in [-0.2, -0.15) is 4.31 Å². The predicted molar refractivity (Wildman–Crippen MR) is 151 cm³/mol. The Morgan fingerprint density at radius 3 is 2.55 bits per heavy atom. The van der Waals surface area contributed by atoms with E-state index in [-0.39, 0.29) is 10.8 Å². The largest absolute Gasteiger partial charge is 0.492 e. The third kappa shape index (κ3) is 5.45. The molecule has 9 heteroatoms. The van der Waals surface area contributed by atoms with Crippen LogP contribution in [0.1, 0.15) is 42.6 Å². The number of thiazole rings is 1. The fourth-order valence-electron chi connectivity index (χ4n) is 4.73. The van der Waals surface area contributed by atoms with Gasteiger partial charge in [0.15, 0.2) is 5.13 Å². The summed E-state index contributed by atoms with van der Waals surface area (Å²) >= 11 is 1.43. The van der Waals surface area contributed by atoms with E-state index in [1.165, 1.54) is 23.5 Å². The third-order valence-electron chi connectivity index (χ3n) is 6.69. The van der Waals surface area contributed by atoms with Gasteiger partial charge < -0.3 is 4.74 Å². The van der Waals surface area contributed by atoms with Crippen LogP contribution in [-0.4, -0.2) is 43.3 Å². The lowest BCUT2D eigenvalue weighted by molar-refractivity contribution is 0.0985. The van der Waals surface area contributed by atoms with Crippen LogP contribution in [0.25, 0.3) is 10.2 Å². The molecule has 4 aromatic rings. The molecule has 0 radical (unpaired) electrons. The summed E-state index contributed by atoms with van der Waals surface area (Å²) in [6, 6.07) is 21.8. The number of carbonyl (C=O) groups excluding carboxylic acids is 1. The predicted octanol–water partition coefficient (Wildman–Crippen LogP) is 5.96. The number of benzene rings is 3. The molecule has 1 aromatic heterocycles. The zero-order valence-corrected chi connectivity index (χ0v) is 23.2. The Labute approximate surface area is 227 Å².